The highest BCUT2D eigenvalue weighted by Gasteiger charge is 2.36. The Balaban J connectivity index is 1.70. The van der Waals surface area contributed by atoms with Crippen LogP contribution in [0.1, 0.15) is 36.2 Å². The Bertz CT molecular complexity index is 448. The summed E-state index contributed by atoms with van der Waals surface area (Å²) in [4.78, 5) is 14.1. The van der Waals surface area contributed by atoms with E-state index in [2.05, 4.69) is 21.2 Å². The van der Waals surface area contributed by atoms with Gasteiger partial charge in [-0.15, -0.1) is 0 Å². The van der Waals surface area contributed by atoms with Crippen LogP contribution in [0.25, 0.3) is 0 Å². The molecule has 0 aromatic carbocycles. The van der Waals surface area contributed by atoms with Crippen molar-refractivity contribution < 1.29 is 9.21 Å². The number of furan rings is 1. The van der Waals surface area contributed by atoms with E-state index in [1.807, 2.05) is 11.9 Å². The van der Waals surface area contributed by atoms with Crippen LogP contribution in [0.2, 0.25) is 0 Å². The van der Waals surface area contributed by atoms with Crippen LogP contribution >= 0.6 is 15.9 Å². The Hall–Kier alpha value is -0.810. The van der Waals surface area contributed by atoms with Gasteiger partial charge in [-0.2, -0.15) is 0 Å². The molecule has 2 unspecified atom stereocenters. The number of carbonyl (C=O) groups is 1. The lowest BCUT2D eigenvalue weighted by Gasteiger charge is -2.35. The van der Waals surface area contributed by atoms with E-state index in [4.69, 9.17) is 4.42 Å². The van der Waals surface area contributed by atoms with E-state index < -0.39 is 0 Å². The molecule has 2 fully saturated rings. The van der Waals surface area contributed by atoms with Gasteiger partial charge in [0.1, 0.15) is 0 Å². The first-order chi connectivity index (χ1) is 8.63. The summed E-state index contributed by atoms with van der Waals surface area (Å²) in [6.45, 7) is 0. The van der Waals surface area contributed by atoms with Crippen molar-refractivity contribution in [2.24, 2.45) is 0 Å². The monoisotopic (exact) mass is 312 g/mol. The maximum Gasteiger partial charge on any atom is 0.289 e. The standard InChI is InChI=1S/C13H17BrN2O2/c1-16(13(17)11-4-5-12(14)18-11)10-6-8-2-3-9(7-10)15-8/h4-5,8-10,15H,2-3,6-7H2,1H3. The number of amides is 1. The first-order valence-electron chi connectivity index (χ1n) is 6.42. The third-order valence-electron chi connectivity index (χ3n) is 4.10. The minimum atomic E-state index is -0.0213. The second-order valence-electron chi connectivity index (χ2n) is 5.28. The van der Waals surface area contributed by atoms with E-state index in [0.717, 1.165) is 12.8 Å². The Kier molecular flexibility index (Phi) is 3.20. The molecule has 2 atom stereocenters. The predicted molar refractivity (Wildman–Crippen MR) is 71.5 cm³/mol. The zero-order chi connectivity index (χ0) is 12.7. The number of nitrogens with one attached hydrogen (secondary N) is 1. The van der Waals surface area contributed by atoms with Crippen LogP contribution in [-0.2, 0) is 0 Å². The molecule has 1 amide bonds. The highest BCUT2D eigenvalue weighted by Crippen LogP contribution is 2.30. The van der Waals surface area contributed by atoms with Crippen LogP contribution in [0.15, 0.2) is 21.2 Å². The lowest BCUT2D eigenvalue weighted by atomic mass is 9.98. The van der Waals surface area contributed by atoms with Gasteiger partial charge in [-0.25, -0.2) is 0 Å². The first-order valence-corrected chi connectivity index (χ1v) is 7.21. The Morgan fingerprint density at radius 1 is 1.39 bits per heavy atom. The van der Waals surface area contributed by atoms with E-state index in [1.165, 1.54) is 12.8 Å². The second kappa shape index (κ2) is 4.70. The van der Waals surface area contributed by atoms with Gasteiger partial charge in [0.2, 0.25) is 0 Å². The SMILES string of the molecule is CN(C(=O)c1ccc(Br)o1)C1CC2CCC(C1)N2. The normalized spacial score (nSPS) is 30.4. The number of fused-ring (bicyclic) bond motifs is 2. The van der Waals surface area contributed by atoms with E-state index in [0.29, 0.717) is 28.6 Å². The molecule has 0 radical (unpaired) electrons. The van der Waals surface area contributed by atoms with Crippen molar-refractivity contribution in [1.29, 1.82) is 0 Å². The lowest BCUT2D eigenvalue weighted by molar-refractivity contribution is 0.0648. The average molecular weight is 313 g/mol. The van der Waals surface area contributed by atoms with Gasteiger partial charge in [0, 0.05) is 25.2 Å². The summed E-state index contributed by atoms with van der Waals surface area (Å²) in [6.07, 6.45) is 4.60. The Morgan fingerprint density at radius 2 is 2.06 bits per heavy atom. The summed E-state index contributed by atoms with van der Waals surface area (Å²) < 4.78 is 5.94. The summed E-state index contributed by atoms with van der Waals surface area (Å²) in [5.41, 5.74) is 0. The minimum Gasteiger partial charge on any atom is -0.444 e. The van der Waals surface area contributed by atoms with E-state index in [-0.39, 0.29) is 5.91 Å². The van der Waals surface area contributed by atoms with Crippen LogP contribution in [0, 0.1) is 0 Å². The largest absolute Gasteiger partial charge is 0.444 e. The molecule has 0 saturated carbocycles. The number of rotatable bonds is 2. The molecule has 2 aliphatic rings. The average Bonchev–Trinajstić information content (AvgIpc) is 2.94. The van der Waals surface area contributed by atoms with Crippen LogP contribution in [0.3, 0.4) is 0 Å². The molecular formula is C13H17BrN2O2. The summed E-state index contributed by atoms with van der Waals surface area (Å²) in [6, 6.07) is 4.99. The summed E-state index contributed by atoms with van der Waals surface area (Å²) >= 11 is 3.23. The van der Waals surface area contributed by atoms with Gasteiger partial charge >= 0.3 is 0 Å². The molecule has 3 rings (SSSR count). The maximum absolute atomic E-state index is 12.3. The number of piperidine rings is 1. The number of nitrogens with zero attached hydrogens (tertiary/aromatic N) is 1. The molecule has 18 heavy (non-hydrogen) atoms. The fourth-order valence-corrected chi connectivity index (χ4v) is 3.42. The van der Waals surface area contributed by atoms with Gasteiger partial charge < -0.3 is 14.6 Å². The number of hydrogen-bond acceptors (Lipinski definition) is 3. The van der Waals surface area contributed by atoms with Crippen molar-refractivity contribution in [2.45, 2.75) is 43.8 Å². The zero-order valence-electron chi connectivity index (χ0n) is 10.4. The van der Waals surface area contributed by atoms with Gasteiger partial charge in [0.05, 0.1) is 0 Å². The minimum absolute atomic E-state index is 0.0213. The van der Waals surface area contributed by atoms with E-state index in [1.54, 1.807) is 12.1 Å². The fraction of sp³-hybridized carbons (Fsp3) is 0.615. The number of hydrogen-bond donors (Lipinski definition) is 1. The predicted octanol–water partition coefficient (Wildman–Crippen LogP) is 2.40. The molecule has 2 bridgehead atoms. The highest BCUT2D eigenvalue weighted by molar-refractivity contribution is 9.10. The zero-order valence-corrected chi connectivity index (χ0v) is 11.9. The van der Waals surface area contributed by atoms with Crippen molar-refractivity contribution in [2.75, 3.05) is 7.05 Å². The molecule has 0 spiro atoms. The molecule has 2 aliphatic heterocycles. The highest BCUT2D eigenvalue weighted by atomic mass is 79.9. The quantitative estimate of drug-likeness (QED) is 0.912. The molecule has 1 aromatic rings. The molecular weight excluding hydrogens is 296 g/mol. The number of halogens is 1. The van der Waals surface area contributed by atoms with Crippen LogP contribution in [0.4, 0.5) is 0 Å². The second-order valence-corrected chi connectivity index (χ2v) is 6.06. The maximum atomic E-state index is 12.3. The van der Waals surface area contributed by atoms with Crippen molar-refractivity contribution in [3.05, 3.63) is 22.6 Å². The van der Waals surface area contributed by atoms with E-state index >= 15 is 0 Å². The molecule has 1 aromatic heterocycles. The number of carbonyl (C=O) groups excluding carboxylic acids is 1. The summed E-state index contributed by atoms with van der Waals surface area (Å²) in [5.74, 6) is 0.391. The van der Waals surface area contributed by atoms with Crippen molar-refractivity contribution in [3.8, 4) is 0 Å². The van der Waals surface area contributed by atoms with Crippen LogP contribution < -0.4 is 5.32 Å². The van der Waals surface area contributed by atoms with Gasteiger partial charge in [0.25, 0.3) is 5.91 Å². The van der Waals surface area contributed by atoms with Crippen LogP contribution in [0.5, 0.6) is 0 Å². The van der Waals surface area contributed by atoms with Crippen molar-refractivity contribution in [1.82, 2.24) is 10.2 Å². The first kappa shape index (κ1) is 12.2. The smallest absolute Gasteiger partial charge is 0.289 e. The third-order valence-corrected chi connectivity index (χ3v) is 4.53. The summed E-state index contributed by atoms with van der Waals surface area (Å²) in [7, 11) is 1.88. The molecule has 98 valence electrons. The molecule has 1 N–H and O–H groups in total. The molecule has 0 aliphatic carbocycles. The molecule has 3 heterocycles. The fourth-order valence-electron chi connectivity index (χ4n) is 3.11. The topological polar surface area (TPSA) is 45.5 Å². The Morgan fingerprint density at radius 3 is 2.61 bits per heavy atom. The van der Waals surface area contributed by atoms with Gasteiger partial charge in [-0.1, -0.05) is 0 Å². The van der Waals surface area contributed by atoms with E-state index in [9.17, 15) is 4.79 Å². The lowest BCUT2D eigenvalue weighted by Crippen LogP contribution is -2.48. The van der Waals surface area contributed by atoms with Crippen LogP contribution in [-0.4, -0.2) is 36.0 Å². The third kappa shape index (κ3) is 2.21. The van der Waals surface area contributed by atoms with Gasteiger partial charge in [-0.3, -0.25) is 4.79 Å². The van der Waals surface area contributed by atoms with Crippen molar-refractivity contribution in [3.63, 3.8) is 0 Å². The summed E-state index contributed by atoms with van der Waals surface area (Å²) in [5, 5.41) is 3.59. The van der Waals surface area contributed by atoms with Gasteiger partial charge in [-0.05, 0) is 53.7 Å². The molecule has 5 heteroatoms. The van der Waals surface area contributed by atoms with Gasteiger partial charge in [0.15, 0.2) is 10.4 Å². The Labute approximate surface area is 115 Å². The molecule has 2 saturated heterocycles. The van der Waals surface area contributed by atoms with Crippen molar-refractivity contribution >= 4 is 21.8 Å². The molecule has 4 nitrogen and oxygen atoms in total.